The van der Waals surface area contributed by atoms with Gasteiger partial charge >= 0.3 is 5.97 Å². The molecule has 0 aliphatic carbocycles. The molecule has 2 aromatic carbocycles. The molecule has 6 heteroatoms. The van der Waals surface area contributed by atoms with E-state index in [2.05, 4.69) is 4.99 Å². The van der Waals surface area contributed by atoms with E-state index in [0.717, 1.165) is 11.1 Å². The summed E-state index contributed by atoms with van der Waals surface area (Å²) >= 11 is 1.46. The number of hydrogen-bond donors (Lipinski definition) is 0. The van der Waals surface area contributed by atoms with Gasteiger partial charge in [-0.3, -0.25) is 9.69 Å². The van der Waals surface area contributed by atoms with Crippen molar-refractivity contribution in [1.29, 1.82) is 0 Å². The Bertz CT molecular complexity index is 1060. The van der Waals surface area contributed by atoms with Crippen LogP contribution in [0.25, 0.3) is 6.08 Å². The Morgan fingerprint density at radius 1 is 1.13 bits per heavy atom. The van der Waals surface area contributed by atoms with E-state index in [0.29, 0.717) is 22.9 Å². The van der Waals surface area contributed by atoms with Gasteiger partial charge in [0, 0.05) is 0 Å². The Balaban J connectivity index is 1.65. The van der Waals surface area contributed by atoms with Crippen LogP contribution in [0.2, 0.25) is 0 Å². The number of amidine groups is 1. The minimum absolute atomic E-state index is 0.0187. The van der Waals surface area contributed by atoms with Crippen LogP contribution in [0.4, 0.5) is 0 Å². The molecule has 0 radical (unpaired) electrons. The summed E-state index contributed by atoms with van der Waals surface area (Å²) < 4.78 is 5.61. The molecule has 0 saturated carbocycles. The maximum absolute atomic E-state index is 13.1. The number of esters is 1. The monoisotopic (exact) mass is 432 g/mol. The van der Waals surface area contributed by atoms with Gasteiger partial charge in [0.05, 0.1) is 22.6 Å². The molecule has 0 N–H and O–H groups in total. The number of hydrogen-bond acceptors (Lipinski definition) is 5. The lowest BCUT2D eigenvalue weighted by Gasteiger charge is -2.30. The van der Waals surface area contributed by atoms with Gasteiger partial charge in [0.2, 0.25) is 5.91 Å². The third-order valence-electron chi connectivity index (χ3n) is 5.27. The second-order valence-electron chi connectivity index (χ2n) is 7.39. The van der Waals surface area contributed by atoms with Gasteiger partial charge in [-0.15, -0.1) is 0 Å². The number of amides is 1. The Labute approximate surface area is 186 Å². The lowest BCUT2D eigenvalue weighted by molar-refractivity contribution is -0.141. The number of fused-ring (bicyclic) bond motifs is 1. The zero-order chi connectivity index (χ0) is 21.8. The predicted octanol–water partition coefficient (Wildman–Crippen LogP) is 4.81. The van der Waals surface area contributed by atoms with Crippen LogP contribution in [-0.4, -0.2) is 33.2 Å². The minimum atomic E-state index is -0.549. The minimum Gasteiger partial charge on any atom is -0.457 e. The summed E-state index contributed by atoms with van der Waals surface area (Å²) in [6.07, 6.45) is 4.53. The highest BCUT2D eigenvalue weighted by atomic mass is 32.2. The summed E-state index contributed by atoms with van der Waals surface area (Å²) in [7, 11) is 0. The number of thioether (sulfide) groups is 1. The van der Waals surface area contributed by atoms with Crippen molar-refractivity contribution >= 4 is 34.9 Å². The molecule has 31 heavy (non-hydrogen) atoms. The molecule has 1 saturated heterocycles. The fourth-order valence-corrected chi connectivity index (χ4v) is 4.79. The standard InChI is InChI=1S/C25H24N2O3S/c1-3-21-23(28)27-20(15-14-18-10-6-4-7-11-18)22(17(2)26-25(27)31-21)24(29)30-16-19-12-8-5-9-13-19/h4-15,20-21H,3,16H2,1-2H3/b15-14+. The van der Waals surface area contributed by atoms with E-state index in [-0.39, 0.29) is 17.8 Å². The van der Waals surface area contributed by atoms with Crippen LogP contribution >= 0.6 is 11.8 Å². The third-order valence-corrected chi connectivity index (χ3v) is 6.59. The number of carbonyl (C=O) groups is 2. The molecule has 0 bridgehead atoms. The molecule has 2 heterocycles. The molecule has 158 valence electrons. The van der Waals surface area contributed by atoms with Crippen LogP contribution < -0.4 is 0 Å². The van der Waals surface area contributed by atoms with Crippen LogP contribution in [0.1, 0.15) is 31.4 Å². The molecule has 2 unspecified atom stereocenters. The van der Waals surface area contributed by atoms with Crippen LogP contribution in [0.3, 0.4) is 0 Å². The quantitative estimate of drug-likeness (QED) is 0.615. The van der Waals surface area contributed by atoms with Crippen LogP contribution in [0.15, 0.2) is 83.0 Å². The largest absolute Gasteiger partial charge is 0.457 e. The predicted molar refractivity (Wildman–Crippen MR) is 124 cm³/mol. The average molecular weight is 433 g/mol. The zero-order valence-corrected chi connectivity index (χ0v) is 18.3. The van der Waals surface area contributed by atoms with Gasteiger partial charge in [-0.25, -0.2) is 9.79 Å². The summed E-state index contributed by atoms with van der Waals surface area (Å²) in [5, 5.41) is 0.468. The first-order chi connectivity index (χ1) is 15.1. The smallest absolute Gasteiger partial charge is 0.338 e. The van der Waals surface area contributed by atoms with E-state index in [1.165, 1.54) is 11.8 Å². The number of allylic oxidation sites excluding steroid dienone is 1. The highest BCUT2D eigenvalue weighted by Crippen LogP contribution is 2.38. The van der Waals surface area contributed by atoms with Gasteiger partial charge in [-0.05, 0) is 24.5 Å². The van der Waals surface area contributed by atoms with E-state index in [1.807, 2.05) is 79.7 Å². The molecule has 2 aromatic rings. The number of nitrogens with zero attached hydrogens (tertiary/aromatic N) is 2. The Morgan fingerprint density at radius 2 is 1.81 bits per heavy atom. The Kier molecular flexibility index (Phi) is 6.37. The summed E-state index contributed by atoms with van der Waals surface area (Å²) in [6.45, 7) is 3.96. The molecule has 4 rings (SSSR count). The number of carbonyl (C=O) groups excluding carboxylic acids is 2. The topological polar surface area (TPSA) is 59.0 Å². The van der Waals surface area contributed by atoms with Crippen molar-refractivity contribution in [1.82, 2.24) is 4.90 Å². The molecule has 1 fully saturated rings. The maximum Gasteiger partial charge on any atom is 0.338 e. The van der Waals surface area contributed by atoms with Crippen molar-refractivity contribution in [3.63, 3.8) is 0 Å². The first-order valence-electron chi connectivity index (χ1n) is 10.3. The van der Waals surface area contributed by atoms with Crippen molar-refractivity contribution in [2.24, 2.45) is 4.99 Å². The average Bonchev–Trinajstić information content (AvgIpc) is 3.12. The molecule has 5 nitrogen and oxygen atoms in total. The van der Waals surface area contributed by atoms with Crippen LogP contribution in [0.5, 0.6) is 0 Å². The summed E-state index contributed by atoms with van der Waals surface area (Å²) in [6, 6.07) is 18.8. The molecular formula is C25H24N2O3S. The molecule has 2 aliphatic rings. The van der Waals surface area contributed by atoms with Crippen molar-refractivity contribution in [3.05, 3.63) is 89.1 Å². The SMILES string of the molecule is CCC1SC2=NC(C)=C(C(=O)OCc3ccccc3)C(/C=C/c3ccccc3)N2C1=O. The van der Waals surface area contributed by atoms with E-state index in [4.69, 9.17) is 4.74 Å². The van der Waals surface area contributed by atoms with Crippen LogP contribution in [0, 0.1) is 0 Å². The molecule has 1 amide bonds. The normalized spacial score (nSPS) is 20.8. The number of rotatable bonds is 6. The second-order valence-corrected chi connectivity index (χ2v) is 8.56. The fraction of sp³-hybridized carbons (Fsp3) is 0.240. The first kappa shape index (κ1) is 21.1. The fourth-order valence-electron chi connectivity index (χ4n) is 3.64. The van der Waals surface area contributed by atoms with Gasteiger partial charge in [0.25, 0.3) is 0 Å². The second kappa shape index (κ2) is 9.35. The van der Waals surface area contributed by atoms with Crippen molar-refractivity contribution in [3.8, 4) is 0 Å². The van der Waals surface area contributed by atoms with Gasteiger partial charge in [-0.2, -0.15) is 0 Å². The summed E-state index contributed by atoms with van der Waals surface area (Å²) in [4.78, 5) is 32.4. The summed E-state index contributed by atoms with van der Waals surface area (Å²) in [5.41, 5.74) is 2.89. The van der Waals surface area contributed by atoms with Crippen molar-refractivity contribution < 1.29 is 14.3 Å². The van der Waals surface area contributed by atoms with Gasteiger partial charge in [0.15, 0.2) is 5.17 Å². The molecule has 0 aromatic heterocycles. The first-order valence-corrected chi connectivity index (χ1v) is 11.2. The molecule has 2 aliphatic heterocycles. The Morgan fingerprint density at radius 3 is 2.48 bits per heavy atom. The van der Waals surface area contributed by atoms with Gasteiger partial charge < -0.3 is 4.74 Å². The number of benzene rings is 2. The third kappa shape index (κ3) is 4.49. The van der Waals surface area contributed by atoms with Crippen molar-refractivity contribution in [2.75, 3.05) is 0 Å². The van der Waals surface area contributed by atoms with Crippen LogP contribution in [-0.2, 0) is 20.9 Å². The lowest BCUT2D eigenvalue weighted by Crippen LogP contribution is -2.45. The summed E-state index contributed by atoms with van der Waals surface area (Å²) in [5.74, 6) is -0.473. The number of ether oxygens (including phenoxy) is 1. The van der Waals surface area contributed by atoms with E-state index in [1.54, 1.807) is 11.8 Å². The van der Waals surface area contributed by atoms with Gasteiger partial charge in [-0.1, -0.05) is 91.5 Å². The zero-order valence-electron chi connectivity index (χ0n) is 17.5. The number of aliphatic imine (C=N–C) groups is 1. The molecule has 0 spiro atoms. The van der Waals surface area contributed by atoms with Crippen molar-refractivity contribution in [2.45, 2.75) is 38.2 Å². The lowest BCUT2D eigenvalue weighted by atomic mass is 10.00. The molecular weight excluding hydrogens is 408 g/mol. The maximum atomic E-state index is 13.1. The van der Waals surface area contributed by atoms with E-state index in [9.17, 15) is 9.59 Å². The highest BCUT2D eigenvalue weighted by molar-refractivity contribution is 8.15. The van der Waals surface area contributed by atoms with E-state index >= 15 is 0 Å². The highest BCUT2D eigenvalue weighted by Gasteiger charge is 2.45. The Hall–Kier alpha value is -3.12. The van der Waals surface area contributed by atoms with Gasteiger partial charge in [0.1, 0.15) is 6.61 Å². The van der Waals surface area contributed by atoms with E-state index < -0.39 is 12.0 Å². The molecule has 2 atom stereocenters.